The highest BCUT2D eigenvalue weighted by molar-refractivity contribution is 6.04. The van der Waals surface area contributed by atoms with Crippen LogP contribution in [0, 0.1) is 0 Å². The molecule has 7 heteroatoms. The van der Waals surface area contributed by atoms with Crippen molar-refractivity contribution in [1.82, 2.24) is 9.97 Å². The number of benzene rings is 4. The summed E-state index contributed by atoms with van der Waals surface area (Å²) in [6.07, 6.45) is 1.53. The van der Waals surface area contributed by atoms with E-state index in [0.29, 0.717) is 29.4 Å². The number of nitrogens with two attached hydrogens (primary N) is 1. The summed E-state index contributed by atoms with van der Waals surface area (Å²) in [5.41, 5.74) is 11.2. The van der Waals surface area contributed by atoms with E-state index < -0.39 is 0 Å². The van der Waals surface area contributed by atoms with Crippen LogP contribution in [0.15, 0.2) is 116 Å². The van der Waals surface area contributed by atoms with Crippen molar-refractivity contribution >= 4 is 28.8 Å². The molecule has 0 aliphatic rings. The average molecular weight is 488 g/mol. The highest BCUT2D eigenvalue weighted by Crippen LogP contribution is 2.24. The lowest BCUT2D eigenvalue weighted by molar-refractivity contribution is 0.102. The molecular formula is C30H25N5O2. The Hall–Kier alpha value is -5.17. The van der Waals surface area contributed by atoms with Crippen molar-refractivity contribution in [2.24, 2.45) is 0 Å². The molecule has 37 heavy (non-hydrogen) atoms. The largest absolute Gasteiger partial charge is 0.489 e. The van der Waals surface area contributed by atoms with Gasteiger partial charge in [-0.3, -0.25) is 4.79 Å². The number of nitrogen functional groups attached to an aromatic ring is 1. The van der Waals surface area contributed by atoms with E-state index in [1.54, 1.807) is 24.3 Å². The van der Waals surface area contributed by atoms with Crippen LogP contribution in [0.2, 0.25) is 0 Å². The summed E-state index contributed by atoms with van der Waals surface area (Å²) in [7, 11) is 0. The number of anilines is 4. The van der Waals surface area contributed by atoms with Gasteiger partial charge in [-0.2, -0.15) is 0 Å². The first-order chi connectivity index (χ1) is 18.1. The molecule has 182 valence electrons. The lowest BCUT2D eigenvalue weighted by Crippen LogP contribution is -2.11. The number of carbonyl (C=O) groups is 1. The van der Waals surface area contributed by atoms with E-state index >= 15 is 0 Å². The number of hydrogen-bond donors (Lipinski definition) is 3. The SMILES string of the molecule is Nc1ccc(C(=O)Nc2ccc(Nc3cc(-c4ccc(OCc5ccccc5)cc4)ncn3)cc2)cc1. The second-order valence-electron chi connectivity index (χ2n) is 8.37. The predicted octanol–water partition coefficient (Wildman–Crippen LogP) is 6.30. The number of hydrogen-bond acceptors (Lipinski definition) is 6. The van der Waals surface area contributed by atoms with Gasteiger partial charge in [0.25, 0.3) is 5.91 Å². The van der Waals surface area contributed by atoms with Crippen LogP contribution in [0.25, 0.3) is 11.3 Å². The van der Waals surface area contributed by atoms with Gasteiger partial charge in [0, 0.05) is 34.3 Å². The lowest BCUT2D eigenvalue weighted by atomic mass is 10.1. The van der Waals surface area contributed by atoms with Crippen LogP contribution in [0.1, 0.15) is 15.9 Å². The molecule has 1 heterocycles. The zero-order valence-electron chi connectivity index (χ0n) is 20.0. The normalized spacial score (nSPS) is 10.5. The molecule has 0 radical (unpaired) electrons. The Balaban J connectivity index is 1.20. The van der Waals surface area contributed by atoms with Crippen molar-refractivity contribution in [3.8, 4) is 17.0 Å². The molecule has 0 aliphatic heterocycles. The highest BCUT2D eigenvalue weighted by atomic mass is 16.5. The van der Waals surface area contributed by atoms with Crippen molar-refractivity contribution in [3.63, 3.8) is 0 Å². The van der Waals surface area contributed by atoms with Crippen molar-refractivity contribution in [2.45, 2.75) is 6.61 Å². The topological polar surface area (TPSA) is 102 Å². The monoisotopic (exact) mass is 487 g/mol. The minimum Gasteiger partial charge on any atom is -0.489 e. The van der Waals surface area contributed by atoms with Crippen molar-refractivity contribution in [2.75, 3.05) is 16.4 Å². The van der Waals surface area contributed by atoms with Gasteiger partial charge in [0.1, 0.15) is 24.5 Å². The quantitative estimate of drug-likeness (QED) is 0.222. The van der Waals surface area contributed by atoms with Crippen LogP contribution in [0.5, 0.6) is 5.75 Å². The fourth-order valence-electron chi connectivity index (χ4n) is 3.67. The maximum Gasteiger partial charge on any atom is 0.255 e. The van der Waals surface area contributed by atoms with Crippen LogP contribution in [0.4, 0.5) is 22.9 Å². The molecule has 7 nitrogen and oxygen atoms in total. The molecule has 0 spiro atoms. The van der Waals surface area contributed by atoms with E-state index in [1.165, 1.54) is 6.33 Å². The molecule has 0 aliphatic carbocycles. The number of nitrogens with zero attached hydrogens (tertiary/aromatic N) is 2. The molecule has 0 bridgehead atoms. The van der Waals surface area contributed by atoms with Crippen molar-refractivity contribution < 1.29 is 9.53 Å². The molecule has 0 saturated heterocycles. The standard InChI is InChI=1S/C30H25N5O2/c31-24-10-6-23(7-11-24)30(36)35-26-14-12-25(13-15-26)34-29-18-28(32-20-33-29)22-8-16-27(17-9-22)37-19-21-4-2-1-3-5-21/h1-18,20H,19,31H2,(H,35,36)(H,32,33,34). The Kier molecular flexibility index (Phi) is 7.04. The molecule has 4 N–H and O–H groups in total. The minimum atomic E-state index is -0.197. The van der Waals surface area contributed by atoms with Gasteiger partial charge in [-0.05, 0) is 78.4 Å². The Labute approximate surface area is 215 Å². The summed E-state index contributed by atoms with van der Waals surface area (Å²) >= 11 is 0. The number of amides is 1. The Morgan fingerprint density at radius 3 is 2.22 bits per heavy atom. The van der Waals surface area contributed by atoms with Crippen LogP contribution < -0.4 is 21.1 Å². The number of nitrogens with one attached hydrogen (secondary N) is 2. The highest BCUT2D eigenvalue weighted by Gasteiger charge is 2.07. The van der Waals surface area contributed by atoms with E-state index in [4.69, 9.17) is 10.5 Å². The smallest absolute Gasteiger partial charge is 0.255 e. The molecule has 4 aromatic carbocycles. The third kappa shape index (κ3) is 6.29. The van der Waals surface area contributed by atoms with Crippen LogP contribution in [-0.4, -0.2) is 15.9 Å². The molecule has 5 rings (SSSR count). The molecular weight excluding hydrogens is 462 g/mol. The fraction of sp³-hybridized carbons (Fsp3) is 0.0333. The summed E-state index contributed by atoms with van der Waals surface area (Å²) in [6, 6.07) is 34.0. The van der Waals surface area contributed by atoms with E-state index in [9.17, 15) is 4.79 Å². The number of carbonyl (C=O) groups excluding carboxylic acids is 1. The molecule has 1 aromatic heterocycles. The Morgan fingerprint density at radius 2 is 1.49 bits per heavy atom. The van der Waals surface area contributed by atoms with Crippen LogP contribution in [-0.2, 0) is 6.61 Å². The average Bonchev–Trinajstić information content (AvgIpc) is 2.94. The minimum absolute atomic E-state index is 0.197. The first-order valence-electron chi connectivity index (χ1n) is 11.8. The van der Waals surface area contributed by atoms with Gasteiger partial charge in [-0.1, -0.05) is 30.3 Å². The first-order valence-corrected chi connectivity index (χ1v) is 11.8. The van der Waals surface area contributed by atoms with Crippen LogP contribution in [0.3, 0.4) is 0 Å². The van der Waals surface area contributed by atoms with Gasteiger partial charge < -0.3 is 21.1 Å². The Bertz CT molecular complexity index is 1470. The van der Waals surface area contributed by atoms with Gasteiger partial charge in [-0.15, -0.1) is 0 Å². The maximum absolute atomic E-state index is 12.4. The van der Waals surface area contributed by atoms with E-state index in [0.717, 1.165) is 28.3 Å². The second-order valence-corrected chi connectivity index (χ2v) is 8.37. The summed E-state index contributed by atoms with van der Waals surface area (Å²) in [5, 5.41) is 6.16. The molecule has 5 aromatic rings. The fourth-order valence-corrected chi connectivity index (χ4v) is 3.67. The first kappa shape index (κ1) is 23.6. The summed E-state index contributed by atoms with van der Waals surface area (Å²) in [6.45, 7) is 0.519. The molecule has 0 fully saturated rings. The lowest BCUT2D eigenvalue weighted by Gasteiger charge is -2.10. The maximum atomic E-state index is 12.4. The van der Waals surface area contributed by atoms with Gasteiger partial charge in [-0.25, -0.2) is 9.97 Å². The van der Waals surface area contributed by atoms with Gasteiger partial charge in [0.05, 0.1) is 5.69 Å². The molecule has 1 amide bonds. The van der Waals surface area contributed by atoms with E-state index in [2.05, 4.69) is 20.6 Å². The zero-order chi connectivity index (χ0) is 25.5. The van der Waals surface area contributed by atoms with Crippen molar-refractivity contribution in [1.29, 1.82) is 0 Å². The third-order valence-electron chi connectivity index (χ3n) is 5.65. The summed E-state index contributed by atoms with van der Waals surface area (Å²) in [4.78, 5) is 21.1. The molecule has 0 unspecified atom stereocenters. The van der Waals surface area contributed by atoms with Crippen molar-refractivity contribution in [3.05, 3.63) is 127 Å². The third-order valence-corrected chi connectivity index (χ3v) is 5.65. The van der Waals surface area contributed by atoms with E-state index in [-0.39, 0.29) is 5.91 Å². The van der Waals surface area contributed by atoms with Crippen LogP contribution >= 0.6 is 0 Å². The van der Waals surface area contributed by atoms with E-state index in [1.807, 2.05) is 84.9 Å². The van der Waals surface area contributed by atoms with Gasteiger partial charge in [0.15, 0.2) is 0 Å². The predicted molar refractivity (Wildman–Crippen MR) is 147 cm³/mol. The molecule has 0 atom stereocenters. The second kappa shape index (κ2) is 11.0. The van der Waals surface area contributed by atoms with Gasteiger partial charge >= 0.3 is 0 Å². The Morgan fingerprint density at radius 1 is 0.784 bits per heavy atom. The number of ether oxygens (including phenoxy) is 1. The number of rotatable bonds is 8. The van der Waals surface area contributed by atoms with Gasteiger partial charge in [0.2, 0.25) is 0 Å². The molecule has 0 saturated carbocycles. The summed E-state index contributed by atoms with van der Waals surface area (Å²) in [5.74, 6) is 1.26. The zero-order valence-corrected chi connectivity index (χ0v) is 20.0. The summed E-state index contributed by atoms with van der Waals surface area (Å²) < 4.78 is 5.87. The number of aromatic nitrogens is 2.